The average molecular weight is 429 g/mol. The van der Waals surface area contributed by atoms with Gasteiger partial charge < -0.3 is 14.7 Å². The molecule has 9 nitrogen and oxygen atoms in total. The lowest BCUT2D eigenvalue weighted by Gasteiger charge is -2.23. The molecule has 0 bridgehead atoms. The topological polar surface area (TPSA) is 106 Å². The van der Waals surface area contributed by atoms with Crippen molar-refractivity contribution in [3.05, 3.63) is 66.1 Å². The van der Waals surface area contributed by atoms with Crippen LogP contribution in [0.4, 0.5) is 17.6 Å². The minimum absolute atomic E-state index is 0.0167. The Balaban J connectivity index is 1.44. The van der Waals surface area contributed by atoms with Gasteiger partial charge in [-0.1, -0.05) is 18.1 Å². The third-order valence-corrected chi connectivity index (χ3v) is 5.54. The number of aryl methyl sites for hydroxylation is 2. The van der Waals surface area contributed by atoms with Crippen LogP contribution in [0.3, 0.4) is 0 Å². The maximum atomic E-state index is 5.75. The lowest BCUT2D eigenvalue weighted by Crippen LogP contribution is -2.25. The quantitative estimate of drug-likeness (QED) is 0.482. The molecule has 5 rings (SSSR count). The molecule has 1 fully saturated rings. The lowest BCUT2D eigenvalue weighted by molar-refractivity contribution is 0.362. The molecule has 1 saturated heterocycles. The molecule has 4 aromatic rings. The summed E-state index contributed by atoms with van der Waals surface area (Å²) in [7, 11) is 0. The number of pyridine rings is 1. The number of nitrogens with one attached hydrogen (secondary N) is 1. The summed E-state index contributed by atoms with van der Waals surface area (Å²) in [5.41, 5.74) is 3.21. The molecule has 0 radical (unpaired) electrons. The summed E-state index contributed by atoms with van der Waals surface area (Å²) in [4.78, 5) is 24.8. The number of rotatable bonds is 6. The fraction of sp³-hybridized carbons (Fsp3) is 0.304. The largest absolute Gasteiger partial charge is 0.358 e. The minimum Gasteiger partial charge on any atom is -0.358 e. The highest BCUT2D eigenvalue weighted by atomic mass is 16.5. The maximum absolute atomic E-state index is 5.75. The van der Waals surface area contributed by atoms with E-state index in [4.69, 9.17) is 14.5 Å². The monoisotopic (exact) mass is 428 g/mol. The highest BCUT2D eigenvalue weighted by Crippen LogP contribution is 2.36. The van der Waals surface area contributed by atoms with Crippen LogP contribution in [0.1, 0.15) is 43.0 Å². The second kappa shape index (κ2) is 8.70. The van der Waals surface area contributed by atoms with Crippen LogP contribution in [0.25, 0.3) is 11.4 Å². The average Bonchev–Trinajstić information content (AvgIpc) is 3.49. The Kier molecular flexibility index (Phi) is 5.45. The van der Waals surface area contributed by atoms with E-state index in [1.807, 2.05) is 37.3 Å². The van der Waals surface area contributed by atoms with Crippen molar-refractivity contribution in [2.24, 2.45) is 0 Å². The molecule has 4 aromatic heterocycles. The van der Waals surface area contributed by atoms with Crippen molar-refractivity contribution in [2.75, 3.05) is 16.8 Å². The molecular weight excluding hydrogens is 404 g/mol. The molecule has 1 aliphatic rings. The van der Waals surface area contributed by atoms with Gasteiger partial charge in [-0.25, -0.2) is 9.97 Å². The maximum Gasteiger partial charge on any atom is 0.228 e. The molecule has 0 aliphatic carbocycles. The predicted molar refractivity (Wildman–Crippen MR) is 121 cm³/mol. The van der Waals surface area contributed by atoms with E-state index in [1.165, 1.54) is 0 Å². The van der Waals surface area contributed by atoms with Gasteiger partial charge >= 0.3 is 0 Å². The molecule has 1 unspecified atom stereocenters. The van der Waals surface area contributed by atoms with Gasteiger partial charge in [-0.3, -0.25) is 9.97 Å². The van der Waals surface area contributed by atoms with Crippen molar-refractivity contribution in [1.82, 2.24) is 30.1 Å². The molecule has 5 heterocycles. The van der Waals surface area contributed by atoms with Gasteiger partial charge in [0.2, 0.25) is 5.95 Å². The van der Waals surface area contributed by atoms with E-state index in [1.54, 1.807) is 18.6 Å². The summed E-state index contributed by atoms with van der Waals surface area (Å²) in [5, 5.41) is 7.55. The fourth-order valence-corrected chi connectivity index (χ4v) is 3.94. The standard InChI is InChI=1S/C23H24N8O/c1-3-16-13-21(28-20-8-4-5-9-25-20)29-23(27-16)31-12-6-7-18(31)19-14-17(30-32-19)22-15(2)24-10-11-26-22/h4-5,8-11,13-14,18H,3,6-7,12H2,1-2H3,(H,25,27,28,29). The Hall–Kier alpha value is -3.88. The number of aromatic nitrogens is 6. The van der Waals surface area contributed by atoms with E-state index >= 15 is 0 Å². The molecule has 1 N–H and O–H groups in total. The van der Waals surface area contributed by atoms with E-state index in [0.29, 0.717) is 11.6 Å². The van der Waals surface area contributed by atoms with Crippen LogP contribution in [0.2, 0.25) is 0 Å². The molecule has 0 saturated carbocycles. The first-order valence-corrected chi connectivity index (χ1v) is 10.8. The fourth-order valence-electron chi connectivity index (χ4n) is 3.94. The SMILES string of the molecule is CCc1cc(Nc2ccccn2)nc(N2CCCC2c2cc(-c3nccnc3C)no2)n1. The molecule has 32 heavy (non-hydrogen) atoms. The first-order chi connectivity index (χ1) is 15.7. The van der Waals surface area contributed by atoms with Crippen molar-refractivity contribution >= 4 is 17.6 Å². The minimum atomic E-state index is 0.0167. The van der Waals surface area contributed by atoms with Gasteiger partial charge in [0.05, 0.1) is 11.7 Å². The summed E-state index contributed by atoms with van der Waals surface area (Å²) in [6, 6.07) is 9.68. The molecule has 0 aromatic carbocycles. The Bertz CT molecular complexity index is 1210. The van der Waals surface area contributed by atoms with Gasteiger partial charge in [-0.15, -0.1) is 0 Å². The summed E-state index contributed by atoms with van der Waals surface area (Å²) >= 11 is 0. The zero-order valence-corrected chi connectivity index (χ0v) is 18.1. The van der Waals surface area contributed by atoms with Crippen LogP contribution in [0.15, 0.2) is 53.4 Å². The number of hydrogen-bond donors (Lipinski definition) is 1. The predicted octanol–water partition coefficient (Wildman–Crippen LogP) is 4.27. The summed E-state index contributed by atoms with van der Waals surface area (Å²) in [6.45, 7) is 4.85. The van der Waals surface area contributed by atoms with Crippen LogP contribution >= 0.6 is 0 Å². The number of hydrogen-bond acceptors (Lipinski definition) is 9. The third kappa shape index (κ3) is 4.01. The van der Waals surface area contributed by atoms with Crippen molar-refractivity contribution in [1.29, 1.82) is 0 Å². The molecule has 1 aliphatic heterocycles. The first-order valence-electron chi connectivity index (χ1n) is 10.8. The Morgan fingerprint density at radius 1 is 1.06 bits per heavy atom. The first kappa shape index (κ1) is 20.0. The second-order valence-electron chi connectivity index (χ2n) is 7.69. The summed E-state index contributed by atoms with van der Waals surface area (Å²) < 4.78 is 5.75. The molecular formula is C23H24N8O. The molecule has 9 heteroatoms. The van der Waals surface area contributed by atoms with E-state index in [2.05, 4.69) is 37.2 Å². The van der Waals surface area contributed by atoms with Gasteiger partial charge in [0, 0.05) is 43.0 Å². The highest BCUT2D eigenvalue weighted by Gasteiger charge is 2.32. The number of anilines is 3. The zero-order chi connectivity index (χ0) is 21.9. The van der Waals surface area contributed by atoms with Crippen LogP contribution in [0, 0.1) is 6.92 Å². The normalized spacial score (nSPS) is 15.8. The molecule has 0 spiro atoms. The van der Waals surface area contributed by atoms with E-state index in [0.717, 1.165) is 60.3 Å². The summed E-state index contributed by atoms with van der Waals surface area (Å²) in [6.07, 6.45) is 7.86. The van der Waals surface area contributed by atoms with E-state index in [-0.39, 0.29) is 6.04 Å². The molecule has 1 atom stereocenters. The number of nitrogens with zero attached hydrogens (tertiary/aromatic N) is 7. The zero-order valence-electron chi connectivity index (χ0n) is 18.1. The Morgan fingerprint density at radius 3 is 2.78 bits per heavy atom. The third-order valence-electron chi connectivity index (χ3n) is 5.54. The Morgan fingerprint density at radius 2 is 1.97 bits per heavy atom. The van der Waals surface area contributed by atoms with Crippen molar-refractivity contribution < 1.29 is 4.52 Å². The van der Waals surface area contributed by atoms with Crippen molar-refractivity contribution in [3.63, 3.8) is 0 Å². The van der Waals surface area contributed by atoms with Gasteiger partial charge in [0.15, 0.2) is 5.76 Å². The van der Waals surface area contributed by atoms with Crippen molar-refractivity contribution in [2.45, 2.75) is 39.2 Å². The molecule has 0 amide bonds. The van der Waals surface area contributed by atoms with Crippen LogP contribution in [-0.4, -0.2) is 36.6 Å². The van der Waals surface area contributed by atoms with Crippen LogP contribution in [-0.2, 0) is 6.42 Å². The summed E-state index contributed by atoms with van der Waals surface area (Å²) in [5.74, 6) is 2.94. The Labute approximate surface area is 186 Å². The van der Waals surface area contributed by atoms with Gasteiger partial charge in [-0.2, -0.15) is 4.98 Å². The van der Waals surface area contributed by atoms with E-state index in [9.17, 15) is 0 Å². The lowest BCUT2D eigenvalue weighted by atomic mass is 10.1. The van der Waals surface area contributed by atoms with Crippen LogP contribution in [0.5, 0.6) is 0 Å². The molecule has 162 valence electrons. The second-order valence-corrected chi connectivity index (χ2v) is 7.69. The highest BCUT2D eigenvalue weighted by molar-refractivity contribution is 5.57. The van der Waals surface area contributed by atoms with Gasteiger partial charge in [-0.05, 0) is 38.3 Å². The van der Waals surface area contributed by atoms with Gasteiger partial charge in [0.1, 0.15) is 23.0 Å². The van der Waals surface area contributed by atoms with Crippen LogP contribution < -0.4 is 10.2 Å². The smallest absolute Gasteiger partial charge is 0.228 e. The van der Waals surface area contributed by atoms with Gasteiger partial charge in [0.25, 0.3) is 0 Å². The van der Waals surface area contributed by atoms with E-state index < -0.39 is 0 Å². The van der Waals surface area contributed by atoms with Crippen molar-refractivity contribution in [3.8, 4) is 11.4 Å².